The van der Waals surface area contributed by atoms with Crippen LogP contribution in [0.2, 0.25) is 0 Å². The first kappa shape index (κ1) is 10.9. The maximum absolute atomic E-state index is 12.5. The number of rotatable bonds is 3. The highest BCUT2D eigenvalue weighted by molar-refractivity contribution is 4.96. The lowest BCUT2D eigenvalue weighted by Gasteiger charge is -2.24. The Balaban J connectivity index is 2.44. The number of likely N-dealkylation sites (tertiary alicyclic amines) is 1. The Labute approximate surface area is 78.1 Å². The lowest BCUT2D eigenvalue weighted by Crippen LogP contribution is -2.49. The van der Waals surface area contributed by atoms with E-state index in [9.17, 15) is 8.78 Å². The Hall–Kier alpha value is -0.220. The van der Waals surface area contributed by atoms with Crippen molar-refractivity contribution in [2.45, 2.75) is 32.2 Å². The molecule has 2 N–H and O–H groups in total. The molecule has 0 aromatic carbocycles. The third-order valence-corrected chi connectivity index (χ3v) is 2.47. The molecule has 0 aliphatic carbocycles. The monoisotopic (exact) mass is 192 g/mol. The summed E-state index contributed by atoms with van der Waals surface area (Å²) in [5.74, 6) is 0.514. The van der Waals surface area contributed by atoms with Crippen molar-refractivity contribution >= 4 is 0 Å². The minimum absolute atomic E-state index is 0.336. The largest absolute Gasteiger partial charge is 0.319 e. The van der Waals surface area contributed by atoms with Crippen molar-refractivity contribution in [3.8, 4) is 0 Å². The molecule has 0 spiro atoms. The third-order valence-electron chi connectivity index (χ3n) is 2.47. The average molecular weight is 192 g/mol. The molecule has 1 aliphatic rings. The molecule has 0 radical (unpaired) electrons. The van der Waals surface area contributed by atoms with Crippen LogP contribution in [0.1, 0.15) is 20.3 Å². The van der Waals surface area contributed by atoms with Gasteiger partial charge in [0.15, 0.2) is 0 Å². The molecule has 1 unspecified atom stereocenters. The molecule has 1 fully saturated rings. The first-order chi connectivity index (χ1) is 5.94. The molecular formula is C9H18F2N2. The summed E-state index contributed by atoms with van der Waals surface area (Å²) in [5.41, 5.74) is 4.32. The van der Waals surface area contributed by atoms with Crippen molar-refractivity contribution in [1.29, 1.82) is 0 Å². The molecule has 0 saturated carbocycles. The Morgan fingerprint density at radius 2 is 2.08 bits per heavy atom. The fraction of sp³-hybridized carbons (Fsp3) is 1.00. The van der Waals surface area contributed by atoms with Crippen LogP contribution in [0.4, 0.5) is 8.78 Å². The smallest absolute Gasteiger partial charge is 0.257 e. The SMILES string of the molecule is CC(C)CN1CCC(N)(C(F)F)C1. The van der Waals surface area contributed by atoms with E-state index in [1.165, 1.54) is 0 Å². The van der Waals surface area contributed by atoms with E-state index in [4.69, 9.17) is 5.73 Å². The summed E-state index contributed by atoms with van der Waals surface area (Å²) < 4.78 is 25.0. The summed E-state index contributed by atoms with van der Waals surface area (Å²) in [6.45, 7) is 6.07. The lowest BCUT2D eigenvalue weighted by atomic mass is 10.0. The van der Waals surface area contributed by atoms with Crippen LogP contribution in [0.25, 0.3) is 0 Å². The summed E-state index contributed by atoms with van der Waals surface area (Å²) in [7, 11) is 0. The molecule has 0 aromatic heterocycles. The van der Waals surface area contributed by atoms with E-state index in [2.05, 4.69) is 13.8 Å². The Bertz CT molecular complexity index is 173. The van der Waals surface area contributed by atoms with E-state index in [-0.39, 0.29) is 0 Å². The summed E-state index contributed by atoms with van der Waals surface area (Å²) in [5, 5.41) is 0. The predicted molar refractivity (Wildman–Crippen MR) is 48.8 cm³/mol. The van der Waals surface area contributed by atoms with E-state index in [1.807, 2.05) is 4.90 Å². The van der Waals surface area contributed by atoms with E-state index in [0.29, 0.717) is 25.4 Å². The van der Waals surface area contributed by atoms with Crippen LogP contribution < -0.4 is 5.73 Å². The molecular weight excluding hydrogens is 174 g/mol. The van der Waals surface area contributed by atoms with E-state index in [1.54, 1.807) is 0 Å². The summed E-state index contributed by atoms with van der Waals surface area (Å²) >= 11 is 0. The van der Waals surface area contributed by atoms with Gasteiger partial charge in [-0.2, -0.15) is 0 Å². The number of hydrogen-bond acceptors (Lipinski definition) is 2. The summed E-state index contributed by atoms with van der Waals surface area (Å²) in [6.07, 6.45) is -1.98. The average Bonchev–Trinajstić information content (AvgIpc) is 2.32. The second-order valence-electron chi connectivity index (χ2n) is 4.41. The number of halogens is 2. The lowest BCUT2D eigenvalue weighted by molar-refractivity contribution is 0.0573. The van der Waals surface area contributed by atoms with Gasteiger partial charge < -0.3 is 10.6 Å². The number of nitrogens with two attached hydrogens (primary N) is 1. The van der Waals surface area contributed by atoms with Crippen LogP contribution >= 0.6 is 0 Å². The van der Waals surface area contributed by atoms with Gasteiger partial charge in [-0.1, -0.05) is 13.8 Å². The Morgan fingerprint density at radius 3 is 2.46 bits per heavy atom. The van der Waals surface area contributed by atoms with Gasteiger partial charge in [-0.05, 0) is 12.3 Å². The van der Waals surface area contributed by atoms with Gasteiger partial charge in [0.05, 0.1) is 5.54 Å². The van der Waals surface area contributed by atoms with Gasteiger partial charge >= 0.3 is 0 Å². The summed E-state index contributed by atoms with van der Waals surface area (Å²) in [4.78, 5) is 2.02. The normalized spacial score (nSPS) is 30.7. The molecule has 13 heavy (non-hydrogen) atoms. The molecule has 4 heteroatoms. The van der Waals surface area contributed by atoms with Crippen molar-refractivity contribution in [1.82, 2.24) is 4.90 Å². The van der Waals surface area contributed by atoms with Crippen LogP contribution in [0.3, 0.4) is 0 Å². The fourth-order valence-electron chi connectivity index (χ4n) is 1.79. The van der Waals surface area contributed by atoms with E-state index >= 15 is 0 Å². The van der Waals surface area contributed by atoms with Crippen LogP contribution in [0, 0.1) is 5.92 Å². The zero-order valence-electron chi connectivity index (χ0n) is 8.26. The number of hydrogen-bond donors (Lipinski definition) is 1. The second kappa shape index (κ2) is 3.88. The minimum atomic E-state index is -2.40. The van der Waals surface area contributed by atoms with Gasteiger partial charge in [0.2, 0.25) is 0 Å². The highest BCUT2D eigenvalue weighted by Crippen LogP contribution is 2.25. The fourth-order valence-corrected chi connectivity index (χ4v) is 1.79. The molecule has 0 bridgehead atoms. The molecule has 1 saturated heterocycles. The van der Waals surface area contributed by atoms with Crippen LogP contribution in [-0.2, 0) is 0 Å². The molecule has 1 aliphatic heterocycles. The molecule has 1 rings (SSSR count). The molecule has 2 nitrogen and oxygen atoms in total. The standard InChI is InChI=1S/C9H18F2N2/c1-7(2)5-13-4-3-9(12,6-13)8(10)11/h7-8H,3-6,12H2,1-2H3. The van der Waals surface area contributed by atoms with Crippen LogP contribution in [0.5, 0.6) is 0 Å². The van der Waals surface area contributed by atoms with Gasteiger partial charge in [0.25, 0.3) is 6.43 Å². The molecule has 0 aromatic rings. The zero-order valence-corrected chi connectivity index (χ0v) is 8.26. The predicted octanol–water partition coefficient (Wildman–Crippen LogP) is 1.31. The third kappa shape index (κ3) is 2.61. The van der Waals surface area contributed by atoms with Crippen LogP contribution in [0.15, 0.2) is 0 Å². The van der Waals surface area contributed by atoms with Gasteiger partial charge in [-0.3, -0.25) is 0 Å². The molecule has 0 amide bonds. The number of nitrogens with zero attached hydrogens (tertiary/aromatic N) is 1. The zero-order chi connectivity index (χ0) is 10.1. The Kier molecular flexibility index (Phi) is 3.24. The van der Waals surface area contributed by atoms with Gasteiger partial charge in [0.1, 0.15) is 0 Å². The minimum Gasteiger partial charge on any atom is -0.319 e. The maximum Gasteiger partial charge on any atom is 0.257 e. The second-order valence-corrected chi connectivity index (χ2v) is 4.41. The van der Waals surface area contributed by atoms with Crippen molar-refractivity contribution in [3.05, 3.63) is 0 Å². The van der Waals surface area contributed by atoms with E-state index in [0.717, 1.165) is 6.54 Å². The number of alkyl halides is 2. The molecule has 1 heterocycles. The van der Waals surface area contributed by atoms with Crippen LogP contribution in [-0.4, -0.2) is 36.5 Å². The summed E-state index contributed by atoms with van der Waals surface area (Å²) in [6, 6.07) is 0. The van der Waals surface area contributed by atoms with E-state index < -0.39 is 12.0 Å². The van der Waals surface area contributed by atoms with Gasteiger partial charge in [-0.15, -0.1) is 0 Å². The first-order valence-corrected chi connectivity index (χ1v) is 4.73. The van der Waals surface area contributed by atoms with Gasteiger partial charge in [0, 0.05) is 19.6 Å². The highest BCUT2D eigenvalue weighted by atomic mass is 19.3. The van der Waals surface area contributed by atoms with Crippen molar-refractivity contribution in [2.24, 2.45) is 11.7 Å². The Morgan fingerprint density at radius 1 is 1.46 bits per heavy atom. The highest BCUT2D eigenvalue weighted by Gasteiger charge is 2.42. The van der Waals surface area contributed by atoms with Crippen molar-refractivity contribution < 1.29 is 8.78 Å². The maximum atomic E-state index is 12.5. The topological polar surface area (TPSA) is 29.3 Å². The quantitative estimate of drug-likeness (QED) is 0.730. The van der Waals surface area contributed by atoms with Crippen molar-refractivity contribution in [2.75, 3.05) is 19.6 Å². The molecule has 78 valence electrons. The van der Waals surface area contributed by atoms with Crippen molar-refractivity contribution in [3.63, 3.8) is 0 Å². The first-order valence-electron chi connectivity index (χ1n) is 4.73. The molecule has 1 atom stereocenters. The van der Waals surface area contributed by atoms with Gasteiger partial charge in [-0.25, -0.2) is 8.78 Å².